The molecule has 0 aliphatic heterocycles. The van der Waals surface area contributed by atoms with Crippen LogP contribution in [0.2, 0.25) is 0 Å². The summed E-state index contributed by atoms with van der Waals surface area (Å²) in [5.74, 6) is -0.144. The Balaban J connectivity index is 3.19. The zero-order valence-corrected chi connectivity index (χ0v) is 8.07. The van der Waals surface area contributed by atoms with Gasteiger partial charge in [0, 0.05) is 10.9 Å². The van der Waals surface area contributed by atoms with Crippen LogP contribution in [0.1, 0.15) is 5.56 Å². The van der Waals surface area contributed by atoms with Crippen molar-refractivity contribution >= 4 is 10.9 Å². The first-order valence-corrected chi connectivity index (χ1v) is 4.46. The van der Waals surface area contributed by atoms with Gasteiger partial charge in [-0.15, -0.1) is 0 Å². The number of nitrogens with one attached hydrogen (secondary N) is 1. The molecular weight excluding hydrogens is 194 g/mol. The second kappa shape index (κ2) is 3.24. The first-order valence-electron chi connectivity index (χ1n) is 4.46. The number of aromatic hydroxyl groups is 1. The van der Waals surface area contributed by atoms with Crippen LogP contribution in [0.4, 0.5) is 0 Å². The van der Waals surface area contributed by atoms with Crippen LogP contribution in [0.3, 0.4) is 0 Å². The number of aromatic amines is 1. The Hall–Kier alpha value is -2.10. The molecule has 4 heteroatoms. The number of fused-ring (bicyclic) bond motifs is 1. The highest BCUT2D eigenvalue weighted by Crippen LogP contribution is 2.21. The van der Waals surface area contributed by atoms with E-state index in [1.807, 2.05) is 0 Å². The Kier molecular flexibility index (Phi) is 2.04. The molecule has 2 rings (SSSR count). The third-order valence-corrected chi connectivity index (χ3v) is 2.33. The van der Waals surface area contributed by atoms with Gasteiger partial charge in [-0.2, -0.15) is 0 Å². The average Bonchev–Trinajstić information content (AvgIpc) is 2.32. The van der Waals surface area contributed by atoms with Gasteiger partial charge < -0.3 is 10.1 Å². The van der Waals surface area contributed by atoms with Gasteiger partial charge in [0.15, 0.2) is 0 Å². The van der Waals surface area contributed by atoms with Crippen LogP contribution in [-0.2, 0) is 0 Å². The van der Waals surface area contributed by atoms with Gasteiger partial charge in [0.05, 0.1) is 5.52 Å². The maximum atomic E-state index is 11.4. The monoisotopic (exact) mass is 203 g/mol. The van der Waals surface area contributed by atoms with Crippen LogP contribution in [0, 0.1) is 6.92 Å². The van der Waals surface area contributed by atoms with Crippen molar-refractivity contribution in [1.29, 1.82) is 0 Å². The van der Waals surface area contributed by atoms with Gasteiger partial charge in [-0.25, -0.2) is 0 Å². The summed E-state index contributed by atoms with van der Waals surface area (Å²) >= 11 is 0. The summed E-state index contributed by atoms with van der Waals surface area (Å²) in [5.41, 5.74) is -0.907. The predicted octanol–water partition coefficient (Wildman–Crippen LogP) is 0.902. The molecule has 4 nitrogen and oxygen atoms in total. The lowest BCUT2D eigenvalue weighted by molar-refractivity contribution is 0.477. The van der Waals surface area contributed by atoms with Crippen LogP contribution in [-0.4, -0.2) is 10.1 Å². The van der Waals surface area contributed by atoms with Gasteiger partial charge in [0.25, 0.3) is 5.56 Å². The van der Waals surface area contributed by atoms with Crippen molar-refractivity contribution in [2.45, 2.75) is 6.92 Å². The number of hydrogen-bond donors (Lipinski definition) is 2. The molecule has 1 heterocycles. The van der Waals surface area contributed by atoms with Crippen molar-refractivity contribution in [3.05, 3.63) is 50.4 Å². The molecule has 2 N–H and O–H groups in total. The van der Waals surface area contributed by atoms with Crippen molar-refractivity contribution in [3.8, 4) is 5.75 Å². The number of benzene rings is 1. The van der Waals surface area contributed by atoms with E-state index in [0.29, 0.717) is 10.9 Å². The van der Waals surface area contributed by atoms with Crippen LogP contribution in [0.5, 0.6) is 5.75 Å². The lowest BCUT2D eigenvalue weighted by atomic mass is 10.2. The molecule has 0 aliphatic carbocycles. The Morgan fingerprint density at radius 3 is 2.60 bits per heavy atom. The van der Waals surface area contributed by atoms with Crippen molar-refractivity contribution in [2.24, 2.45) is 0 Å². The minimum atomic E-state index is -0.719. The number of rotatable bonds is 0. The van der Waals surface area contributed by atoms with E-state index in [2.05, 4.69) is 4.98 Å². The van der Waals surface area contributed by atoms with Crippen LogP contribution in [0.25, 0.3) is 10.9 Å². The van der Waals surface area contributed by atoms with Gasteiger partial charge in [-0.3, -0.25) is 9.59 Å². The highest BCUT2D eigenvalue weighted by Gasteiger charge is 2.06. The molecule has 0 atom stereocenters. The minimum absolute atomic E-state index is 0.0671. The van der Waals surface area contributed by atoms with E-state index in [1.54, 1.807) is 24.3 Å². The molecule has 0 unspecified atom stereocenters. The Bertz CT molecular complexity index is 643. The molecule has 0 amide bonds. The average molecular weight is 203 g/mol. The lowest BCUT2D eigenvalue weighted by Crippen LogP contribution is -2.25. The molecule has 15 heavy (non-hydrogen) atoms. The number of para-hydroxylation sites is 1. The van der Waals surface area contributed by atoms with E-state index >= 15 is 0 Å². The molecule has 76 valence electrons. The zero-order valence-electron chi connectivity index (χ0n) is 8.07. The topological polar surface area (TPSA) is 70.2 Å². The summed E-state index contributed by atoms with van der Waals surface area (Å²) in [6.07, 6.45) is 0. The summed E-state index contributed by atoms with van der Waals surface area (Å²) in [5, 5.41) is 10.2. The Morgan fingerprint density at radius 2 is 1.87 bits per heavy atom. The molecule has 1 aromatic heterocycles. The fourth-order valence-corrected chi connectivity index (χ4v) is 1.46. The van der Waals surface area contributed by atoms with Gasteiger partial charge in [0.1, 0.15) is 5.75 Å². The maximum absolute atomic E-state index is 11.4. The van der Waals surface area contributed by atoms with Crippen molar-refractivity contribution < 1.29 is 5.11 Å². The second-order valence-corrected chi connectivity index (χ2v) is 3.30. The normalized spacial score (nSPS) is 10.5. The Labute approximate surface area is 84.8 Å². The minimum Gasteiger partial charge on any atom is -0.507 e. The highest BCUT2D eigenvalue weighted by atomic mass is 16.3. The van der Waals surface area contributed by atoms with E-state index in [9.17, 15) is 14.7 Å². The van der Waals surface area contributed by atoms with E-state index < -0.39 is 11.0 Å². The summed E-state index contributed by atoms with van der Waals surface area (Å²) in [6.45, 7) is 1.43. The second-order valence-electron chi connectivity index (χ2n) is 3.30. The van der Waals surface area contributed by atoms with E-state index in [4.69, 9.17) is 0 Å². The van der Waals surface area contributed by atoms with Gasteiger partial charge in [-0.1, -0.05) is 12.1 Å². The SMILES string of the molecule is Cc1c(O)c2ccccc2[nH]c(=O)c1=O. The largest absolute Gasteiger partial charge is 0.507 e. The molecule has 0 saturated heterocycles. The predicted molar refractivity (Wildman–Crippen MR) is 57.2 cm³/mol. The number of H-pyrrole nitrogens is 1. The summed E-state index contributed by atoms with van der Waals surface area (Å²) < 4.78 is 0. The molecule has 2 aromatic rings. The van der Waals surface area contributed by atoms with Gasteiger partial charge in [-0.05, 0) is 19.1 Å². The van der Waals surface area contributed by atoms with Crippen LogP contribution in [0.15, 0.2) is 33.9 Å². The number of aromatic nitrogens is 1. The van der Waals surface area contributed by atoms with Crippen molar-refractivity contribution in [3.63, 3.8) is 0 Å². The number of hydrogen-bond acceptors (Lipinski definition) is 3. The lowest BCUT2D eigenvalue weighted by Gasteiger charge is -1.95. The summed E-state index contributed by atoms with van der Waals surface area (Å²) in [6, 6.07) is 6.73. The standard InChI is InChI=1S/C11H9NO3/c1-6-9(13)7-4-2-3-5-8(7)12-11(15)10(6)14/h2-5,13H,1H3,(H,12,14,15). The first kappa shape index (κ1) is 9.45. The third kappa shape index (κ3) is 1.40. The molecule has 0 radical (unpaired) electrons. The highest BCUT2D eigenvalue weighted by molar-refractivity contribution is 5.84. The van der Waals surface area contributed by atoms with Crippen molar-refractivity contribution in [1.82, 2.24) is 4.98 Å². The zero-order chi connectivity index (χ0) is 11.0. The van der Waals surface area contributed by atoms with Crippen LogP contribution >= 0.6 is 0 Å². The first-order chi connectivity index (χ1) is 7.11. The van der Waals surface area contributed by atoms with E-state index in [1.165, 1.54) is 6.92 Å². The quantitative estimate of drug-likeness (QED) is 0.625. The fraction of sp³-hybridized carbons (Fsp3) is 0.0909. The fourth-order valence-electron chi connectivity index (χ4n) is 1.46. The van der Waals surface area contributed by atoms with E-state index in [-0.39, 0.29) is 11.3 Å². The molecular formula is C11H9NO3. The third-order valence-electron chi connectivity index (χ3n) is 2.33. The Morgan fingerprint density at radius 1 is 1.20 bits per heavy atom. The van der Waals surface area contributed by atoms with E-state index in [0.717, 1.165) is 0 Å². The molecule has 0 spiro atoms. The molecule has 1 aromatic carbocycles. The maximum Gasteiger partial charge on any atom is 0.296 e. The molecule has 0 saturated carbocycles. The molecule has 0 aliphatic rings. The van der Waals surface area contributed by atoms with Crippen LogP contribution < -0.4 is 11.0 Å². The smallest absolute Gasteiger partial charge is 0.296 e. The summed E-state index contributed by atoms with van der Waals surface area (Å²) in [7, 11) is 0. The van der Waals surface area contributed by atoms with Gasteiger partial charge in [0.2, 0.25) is 5.43 Å². The van der Waals surface area contributed by atoms with Gasteiger partial charge >= 0.3 is 0 Å². The molecule has 0 fully saturated rings. The molecule has 0 bridgehead atoms. The van der Waals surface area contributed by atoms with Crippen molar-refractivity contribution in [2.75, 3.05) is 0 Å². The summed E-state index contributed by atoms with van der Waals surface area (Å²) in [4.78, 5) is 25.2.